The summed E-state index contributed by atoms with van der Waals surface area (Å²) < 4.78 is 12.2. The van der Waals surface area contributed by atoms with E-state index in [1.54, 1.807) is 28.8 Å². The molecule has 0 bridgehead atoms. The summed E-state index contributed by atoms with van der Waals surface area (Å²) in [5.74, 6) is -2.28. The van der Waals surface area contributed by atoms with Gasteiger partial charge in [0.25, 0.3) is 6.29 Å². The number of aryl methyl sites for hydroxylation is 1. The first-order valence-electron chi connectivity index (χ1n) is 8.12. The summed E-state index contributed by atoms with van der Waals surface area (Å²) in [7, 11) is 0. The number of imidazole rings is 1. The molecule has 0 atom stereocenters. The van der Waals surface area contributed by atoms with E-state index in [0.29, 0.717) is 16.7 Å². The van der Waals surface area contributed by atoms with Gasteiger partial charge < -0.3 is 21.2 Å². The van der Waals surface area contributed by atoms with Crippen LogP contribution in [0.3, 0.4) is 0 Å². The Bertz CT molecular complexity index is 1020. The largest absolute Gasteiger partial charge is 1.00 e. The number of ether oxygens (including phenoxy) is 2. The number of benzene rings is 1. The number of fused-ring (bicyclic) bond motifs is 1. The van der Waals surface area contributed by atoms with E-state index < -0.39 is 24.1 Å². The molecule has 2 aromatic heterocycles. The number of nitrogen functional groups attached to an aromatic ring is 1. The van der Waals surface area contributed by atoms with Crippen LogP contribution in [0.15, 0.2) is 36.7 Å². The molecule has 1 fully saturated rings. The van der Waals surface area contributed by atoms with Crippen LogP contribution in [0.4, 0.5) is 5.95 Å². The topological polar surface area (TPSA) is 122 Å². The van der Waals surface area contributed by atoms with Crippen molar-refractivity contribution in [1.82, 2.24) is 19.5 Å². The number of nitrogens with two attached hydrogens (primary N) is 1. The van der Waals surface area contributed by atoms with Crippen LogP contribution in [-0.4, -0.2) is 31.5 Å². The van der Waals surface area contributed by atoms with Crippen molar-refractivity contribution >= 4 is 40.7 Å². The van der Waals surface area contributed by atoms with Crippen molar-refractivity contribution in [2.45, 2.75) is 19.3 Å². The second kappa shape index (κ2) is 8.85. The minimum Gasteiger partial charge on any atom is -1.00 e. The summed E-state index contributed by atoms with van der Waals surface area (Å²) in [6, 6.07) is 8.79. The second-order valence-corrected chi connectivity index (χ2v) is 6.30. The van der Waals surface area contributed by atoms with E-state index in [4.69, 9.17) is 26.8 Å². The van der Waals surface area contributed by atoms with Gasteiger partial charge in [0, 0.05) is 12.1 Å². The Labute approximate surface area is 208 Å². The summed E-state index contributed by atoms with van der Waals surface area (Å²) >= 11 is 5.99. The minimum absolute atomic E-state index is 0. The molecule has 28 heavy (non-hydrogen) atoms. The molecule has 0 radical (unpaired) electrons. The van der Waals surface area contributed by atoms with Crippen LogP contribution in [0.25, 0.3) is 11.2 Å². The zero-order valence-electron chi connectivity index (χ0n) is 15.9. The van der Waals surface area contributed by atoms with E-state index in [-0.39, 0.29) is 76.9 Å². The average molecular weight is 428 g/mol. The van der Waals surface area contributed by atoms with Crippen LogP contribution in [0.2, 0.25) is 5.15 Å². The van der Waals surface area contributed by atoms with Crippen LogP contribution >= 0.6 is 11.6 Å². The van der Waals surface area contributed by atoms with Crippen LogP contribution in [-0.2, 0) is 25.6 Å². The Morgan fingerprint density at radius 3 is 2.50 bits per heavy atom. The Morgan fingerprint density at radius 1 is 1.14 bits per heavy atom. The van der Waals surface area contributed by atoms with Crippen LogP contribution in [0.5, 0.6) is 0 Å². The molecule has 0 spiro atoms. The van der Waals surface area contributed by atoms with Crippen molar-refractivity contribution in [3.05, 3.63) is 47.4 Å². The zero-order valence-corrected chi connectivity index (χ0v) is 18.8. The molecule has 11 heteroatoms. The maximum Gasteiger partial charge on any atom is 1.00 e. The summed E-state index contributed by atoms with van der Waals surface area (Å²) in [6.07, 6.45) is 0.631. The Balaban J connectivity index is 0.00000150. The van der Waals surface area contributed by atoms with Crippen LogP contribution in [0.1, 0.15) is 19.7 Å². The fourth-order valence-corrected chi connectivity index (χ4v) is 3.05. The molecule has 1 aromatic carbocycles. The second-order valence-electron chi connectivity index (χ2n) is 5.94. The summed E-state index contributed by atoms with van der Waals surface area (Å²) in [6.45, 7) is 0.272. The molecule has 1 saturated heterocycles. The summed E-state index contributed by atoms with van der Waals surface area (Å²) in [5.41, 5.74) is 7.02. The van der Waals surface area contributed by atoms with Gasteiger partial charge in [-0.15, -0.1) is 0 Å². The number of aromatic nitrogens is 4. The fourth-order valence-electron chi connectivity index (χ4n) is 2.83. The van der Waals surface area contributed by atoms with Crippen molar-refractivity contribution in [3.63, 3.8) is 0 Å². The van der Waals surface area contributed by atoms with Crippen molar-refractivity contribution in [3.8, 4) is 0 Å². The number of halogens is 1. The summed E-state index contributed by atoms with van der Waals surface area (Å²) in [4.78, 5) is 36.7. The molecule has 4 rings (SSSR count). The Kier molecular flexibility index (Phi) is 6.68. The van der Waals surface area contributed by atoms with Gasteiger partial charge in [0.05, 0.1) is 6.33 Å². The maximum absolute atomic E-state index is 12.3. The number of hydrogen-bond acceptors (Lipinski definition) is 8. The van der Waals surface area contributed by atoms with Gasteiger partial charge >= 0.3 is 63.3 Å². The third kappa shape index (κ3) is 4.21. The first-order valence-corrected chi connectivity index (χ1v) is 8.50. The van der Waals surface area contributed by atoms with E-state index in [1.807, 2.05) is 6.07 Å². The third-order valence-electron chi connectivity index (χ3n) is 4.18. The number of esters is 2. The third-order valence-corrected chi connectivity index (χ3v) is 4.45. The average Bonchev–Trinajstić information content (AvgIpc) is 3.05. The van der Waals surface area contributed by atoms with Gasteiger partial charge in [0.15, 0.2) is 16.7 Å². The number of nitrogens with zero attached hydrogens (tertiary/aromatic N) is 4. The van der Waals surface area contributed by atoms with Crippen molar-refractivity contribution < 1.29 is 71.9 Å². The zero-order chi connectivity index (χ0) is 19.0. The molecule has 3 heterocycles. The predicted molar refractivity (Wildman–Crippen MR) is 95.3 cm³/mol. The molecule has 9 nitrogen and oxygen atoms in total. The van der Waals surface area contributed by atoms with E-state index in [9.17, 15) is 9.59 Å². The number of rotatable bonds is 4. The van der Waals surface area contributed by atoms with Gasteiger partial charge in [-0.05, 0) is 6.42 Å². The summed E-state index contributed by atoms with van der Waals surface area (Å²) in [5, 5.41) is 0.137. The molecular formula is C17H15ClKN5O4. The van der Waals surface area contributed by atoms with Gasteiger partial charge in [-0.1, -0.05) is 41.9 Å². The predicted octanol–water partition coefficient (Wildman–Crippen LogP) is -1.02. The van der Waals surface area contributed by atoms with E-state index in [1.165, 1.54) is 6.33 Å². The Hall–Kier alpha value is -1.56. The number of cyclic esters (lactones) is 2. The van der Waals surface area contributed by atoms with Crippen LogP contribution in [0, 0.1) is 5.92 Å². The Morgan fingerprint density at radius 2 is 1.82 bits per heavy atom. The quantitative estimate of drug-likeness (QED) is 0.243. The van der Waals surface area contributed by atoms with Gasteiger partial charge in [-0.25, -0.2) is 4.98 Å². The maximum atomic E-state index is 12.3. The number of carbonyl (C=O) groups is 2. The standard InChI is InChI=1S/C17H14ClN5O4.K.H/c18-12-11-13(22-17(19)21-12)23(8-20-11)7-6-10-14(24)26-16(27-15(10)25)9-4-2-1-3-5-9;;/h1-5,8,10,16H,6-7H2,(H2,19,21,22);;/q;+1;-1. The molecule has 1 aliphatic rings. The molecular weight excluding hydrogens is 413 g/mol. The number of hydrogen-bond donors (Lipinski definition) is 1. The van der Waals surface area contributed by atoms with Gasteiger partial charge in [0.1, 0.15) is 5.52 Å². The monoisotopic (exact) mass is 427 g/mol. The fraction of sp³-hybridized carbons (Fsp3) is 0.235. The molecule has 140 valence electrons. The van der Waals surface area contributed by atoms with Crippen molar-refractivity contribution in [2.75, 3.05) is 5.73 Å². The number of carbonyl (C=O) groups excluding carboxylic acids is 2. The van der Waals surface area contributed by atoms with E-state index in [2.05, 4.69) is 15.0 Å². The normalized spacial score (nSPS) is 19.0. The van der Waals surface area contributed by atoms with Crippen LogP contribution < -0.4 is 57.1 Å². The molecule has 1 aliphatic heterocycles. The first-order chi connectivity index (χ1) is 13.0. The smallest absolute Gasteiger partial charge is 1.00 e. The molecule has 0 amide bonds. The molecule has 0 saturated carbocycles. The van der Waals surface area contributed by atoms with Gasteiger partial charge in [0.2, 0.25) is 5.95 Å². The number of anilines is 1. The molecule has 3 aromatic rings. The van der Waals surface area contributed by atoms with Crippen molar-refractivity contribution in [2.24, 2.45) is 5.92 Å². The van der Waals surface area contributed by atoms with Gasteiger partial charge in [-0.2, -0.15) is 9.97 Å². The minimum atomic E-state index is -1.03. The SMILES string of the molecule is Nc1nc(Cl)c2ncn(CCC3C(=O)OC(c4ccccc4)OC3=O)c2n1.[H-].[K+]. The first kappa shape index (κ1) is 21.2. The van der Waals surface area contributed by atoms with Crippen molar-refractivity contribution in [1.29, 1.82) is 0 Å². The molecule has 0 unspecified atom stereocenters. The van der Waals surface area contributed by atoms with E-state index in [0.717, 1.165) is 0 Å². The molecule has 0 aliphatic carbocycles. The van der Waals surface area contributed by atoms with E-state index >= 15 is 0 Å². The molecule has 2 N–H and O–H groups in total. The van der Waals surface area contributed by atoms with Gasteiger partial charge in [-0.3, -0.25) is 9.59 Å².